The van der Waals surface area contributed by atoms with Crippen LogP contribution in [0.5, 0.6) is 0 Å². The number of amides is 4. The zero-order valence-corrected chi connectivity index (χ0v) is 29.8. The van der Waals surface area contributed by atoms with Gasteiger partial charge >= 0.3 is 0 Å². The first-order chi connectivity index (χ1) is 23.8. The van der Waals surface area contributed by atoms with Gasteiger partial charge in [0, 0.05) is 66.6 Å². The number of nitrogens with zero attached hydrogens (tertiary/aromatic N) is 3. The molecule has 5 aromatic rings. The van der Waals surface area contributed by atoms with Gasteiger partial charge in [0.2, 0.25) is 0 Å². The molecule has 0 bridgehead atoms. The molecule has 0 fully saturated rings. The number of hydrogen-bond acceptors (Lipinski definition) is 5. The summed E-state index contributed by atoms with van der Waals surface area (Å²) in [6.45, 7) is 5.06. The van der Waals surface area contributed by atoms with Gasteiger partial charge in [-0.1, -0.05) is 106 Å². The van der Waals surface area contributed by atoms with Gasteiger partial charge in [-0.2, -0.15) is 5.26 Å². The van der Waals surface area contributed by atoms with Crippen LogP contribution in [0.4, 0.5) is 0 Å². The highest BCUT2D eigenvalue weighted by Gasteiger charge is 2.38. The van der Waals surface area contributed by atoms with Gasteiger partial charge in [0.25, 0.3) is 23.6 Å². The number of hydrogen-bond donors (Lipinski definition) is 0. The van der Waals surface area contributed by atoms with Gasteiger partial charge in [0.15, 0.2) is 0 Å². The molecule has 8 heteroatoms. The number of nitriles is 1. The lowest BCUT2D eigenvalue weighted by Crippen LogP contribution is -2.41. The molecule has 7 rings (SSSR count). The third kappa shape index (κ3) is 5.29. The molecule has 7 nitrogen and oxygen atoms in total. The summed E-state index contributed by atoms with van der Waals surface area (Å²) in [5.41, 5.74) is 2.06. The van der Waals surface area contributed by atoms with Gasteiger partial charge in [-0.3, -0.25) is 29.0 Å². The van der Waals surface area contributed by atoms with E-state index in [2.05, 4.69) is 35.8 Å². The minimum atomic E-state index is -0.372. The van der Waals surface area contributed by atoms with E-state index in [4.69, 9.17) is 0 Å². The van der Waals surface area contributed by atoms with Crippen molar-refractivity contribution in [2.75, 3.05) is 13.1 Å². The second-order valence-electron chi connectivity index (χ2n) is 13.6. The molecular formula is C41H40BrN3O4. The van der Waals surface area contributed by atoms with E-state index in [0.717, 1.165) is 80.4 Å². The molecule has 0 aliphatic carbocycles. The summed E-state index contributed by atoms with van der Waals surface area (Å²) in [4.78, 5) is 58.4. The van der Waals surface area contributed by atoms with E-state index in [-0.39, 0.29) is 23.6 Å². The molecule has 2 heterocycles. The third-order valence-electron chi connectivity index (χ3n) is 10.5. The van der Waals surface area contributed by atoms with Crippen molar-refractivity contribution in [3.8, 4) is 6.07 Å². The lowest BCUT2D eigenvalue weighted by atomic mass is 9.80. The summed E-state index contributed by atoms with van der Waals surface area (Å²) >= 11 is 3.78. The van der Waals surface area contributed by atoms with Gasteiger partial charge in [-0.15, -0.1) is 0 Å². The fourth-order valence-electron chi connectivity index (χ4n) is 8.11. The van der Waals surface area contributed by atoms with Crippen molar-refractivity contribution >= 4 is 82.6 Å². The normalized spacial score (nSPS) is 14.4. The van der Waals surface area contributed by atoms with Crippen LogP contribution in [0, 0.1) is 11.3 Å². The van der Waals surface area contributed by atoms with Gasteiger partial charge in [-0.05, 0) is 47.9 Å². The van der Waals surface area contributed by atoms with Gasteiger partial charge in [-0.25, -0.2) is 0 Å². The van der Waals surface area contributed by atoms with Crippen LogP contribution >= 0.6 is 15.9 Å². The standard InChI is InChI=1S/C41H40BrN3O4/c1-3-5-7-9-11-13-19-44-38(46)27-18-16-26-35-31(42)22-30-34-28(39(47)45(41(30)49)20-14-12-10-8-6-4-2)17-15-25(37(34)35)32-24(23-43)21-29(40(44)48)33(27)36(26)32/h15-18,21-22H,3-14,19-20H2,1-2H3. The van der Waals surface area contributed by atoms with Crippen molar-refractivity contribution in [1.82, 2.24) is 9.80 Å². The minimum Gasteiger partial charge on any atom is -0.274 e. The second kappa shape index (κ2) is 13.5. The highest BCUT2D eigenvalue weighted by Crippen LogP contribution is 2.49. The molecular weight excluding hydrogens is 678 g/mol. The van der Waals surface area contributed by atoms with Crippen LogP contribution in [-0.2, 0) is 0 Å². The molecule has 0 saturated carbocycles. The summed E-state index contributed by atoms with van der Waals surface area (Å²) in [6, 6.07) is 13.1. The lowest BCUT2D eigenvalue weighted by molar-refractivity contribution is 0.0592. The molecule has 5 aromatic carbocycles. The van der Waals surface area contributed by atoms with E-state index in [9.17, 15) is 24.4 Å². The van der Waals surface area contributed by atoms with E-state index in [0.29, 0.717) is 72.3 Å². The van der Waals surface area contributed by atoms with Crippen LogP contribution in [0.3, 0.4) is 0 Å². The molecule has 0 atom stereocenters. The van der Waals surface area contributed by atoms with Crippen molar-refractivity contribution < 1.29 is 19.2 Å². The highest BCUT2D eigenvalue weighted by molar-refractivity contribution is 9.10. The number of imide groups is 2. The summed E-state index contributed by atoms with van der Waals surface area (Å²) in [5.74, 6) is -1.30. The number of carbonyl (C=O) groups excluding carboxylic acids is 4. The van der Waals surface area contributed by atoms with E-state index in [1.54, 1.807) is 24.3 Å². The maximum atomic E-state index is 14.0. The summed E-state index contributed by atoms with van der Waals surface area (Å²) in [6.07, 6.45) is 12.5. The zero-order valence-electron chi connectivity index (χ0n) is 28.2. The predicted molar refractivity (Wildman–Crippen MR) is 198 cm³/mol. The van der Waals surface area contributed by atoms with Crippen LogP contribution in [0.25, 0.3) is 43.1 Å². The van der Waals surface area contributed by atoms with Crippen LogP contribution in [0.15, 0.2) is 40.9 Å². The molecule has 2 aliphatic heterocycles. The third-order valence-corrected chi connectivity index (χ3v) is 11.2. The van der Waals surface area contributed by atoms with E-state index in [1.807, 2.05) is 12.1 Å². The van der Waals surface area contributed by atoms with Crippen LogP contribution < -0.4 is 0 Å². The molecule has 0 spiro atoms. The Bertz CT molecular complexity index is 2230. The Kier molecular flexibility index (Phi) is 9.15. The minimum absolute atomic E-state index is 0.302. The maximum Gasteiger partial charge on any atom is 0.261 e. The Balaban J connectivity index is 1.36. The molecule has 0 unspecified atom stereocenters. The number of benzene rings is 5. The van der Waals surface area contributed by atoms with Crippen molar-refractivity contribution in [2.24, 2.45) is 0 Å². The Morgan fingerprint density at radius 1 is 0.531 bits per heavy atom. The Morgan fingerprint density at radius 3 is 1.47 bits per heavy atom. The second-order valence-corrected chi connectivity index (χ2v) is 14.5. The first kappa shape index (κ1) is 33.2. The van der Waals surface area contributed by atoms with E-state index in [1.165, 1.54) is 22.6 Å². The molecule has 0 radical (unpaired) electrons. The fourth-order valence-corrected chi connectivity index (χ4v) is 8.75. The average molecular weight is 719 g/mol. The smallest absolute Gasteiger partial charge is 0.261 e. The van der Waals surface area contributed by atoms with Crippen LogP contribution in [-0.4, -0.2) is 46.5 Å². The molecule has 0 aromatic heterocycles. The number of halogens is 1. The number of unbranched alkanes of at least 4 members (excludes halogenated alkanes) is 10. The SMILES string of the molecule is CCCCCCCCN1C(=O)c2ccc3c4c(C#N)cc5c6c(ccc(c7c(Br)cc(c2c37)C1=O)c64)C(=O)N(CCCCCCCC)C5=O. The van der Waals surface area contributed by atoms with Crippen molar-refractivity contribution in [2.45, 2.75) is 90.9 Å². The number of fused-ring (bicyclic) bond motifs is 2. The molecule has 4 amide bonds. The monoisotopic (exact) mass is 717 g/mol. The van der Waals surface area contributed by atoms with Crippen molar-refractivity contribution in [3.05, 3.63) is 68.7 Å². The molecule has 0 saturated heterocycles. The first-order valence-electron chi connectivity index (χ1n) is 17.9. The van der Waals surface area contributed by atoms with Crippen molar-refractivity contribution in [1.29, 1.82) is 5.26 Å². The Morgan fingerprint density at radius 2 is 0.959 bits per heavy atom. The molecule has 250 valence electrons. The summed E-state index contributed by atoms with van der Waals surface area (Å²) in [5, 5.41) is 15.9. The Labute approximate surface area is 294 Å². The maximum absolute atomic E-state index is 14.0. The average Bonchev–Trinajstić information content (AvgIpc) is 3.11. The molecule has 49 heavy (non-hydrogen) atoms. The van der Waals surface area contributed by atoms with Gasteiger partial charge < -0.3 is 0 Å². The largest absolute Gasteiger partial charge is 0.274 e. The quantitative estimate of drug-likeness (QED) is 0.0493. The summed E-state index contributed by atoms with van der Waals surface area (Å²) in [7, 11) is 0. The topological polar surface area (TPSA) is 98.6 Å². The van der Waals surface area contributed by atoms with Gasteiger partial charge in [0.1, 0.15) is 0 Å². The zero-order chi connectivity index (χ0) is 34.4. The molecule has 2 aliphatic rings. The molecule has 0 N–H and O–H groups in total. The number of rotatable bonds is 14. The fraction of sp³-hybridized carbons (Fsp3) is 0.390. The Hall–Kier alpha value is -4.35. The van der Waals surface area contributed by atoms with Gasteiger partial charge in [0.05, 0.1) is 17.2 Å². The van der Waals surface area contributed by atoms with Crippen LogP contribution in [0.2, 0.25) is 0 Å². The lowest BCUT2D eigenvalue weighted by Gasteiger charge is -2.31. The van der Waals surface area contributed by atoms with E-state index < -0.39 is 0 Å². The van der Waals surface area contributed by atoms with Crippen LogP contribution in [0.1, 0.15) is 138 Å². The highest BCUT2D eigenvalue weighted by atomic mass is 79.9. The van der Waals surface area contributed by atoms with Crippen molar-refractivity contribution in [3.63, 3.8) is 0 Å². The first-order valence-corrected chi connectivity index (χ1v) is 18.7. The predicted octanol–water partition coefficient (Wildman–Crippen LogP) is 10.3. The van der Waals surface area contributed by atoms with E-state index >= 15 is 0 Å². The number of carbonyl (C=O) groups is 4. The summed E-state index contributed by atoms with van der Waals surface area (Å²) < 4.78 is 0.679.